The van der Waals surface area contributed by atoms with E-state index in [2.05, 4.69) is 43.6 Å². The lowest BCUT2D eigenvalue weighted by molar-refractivity contribution is -0.106. The van der Waals surface area contributed by atoms with Crippen LogP contribution in [0.4, 0.5) is 0 Å². The number of hydrogen-bond donors (Lipinski definition) is 0. The normalized spacial score (nSPS) is 15.1. The fraction of sp³-hybridized carbons (Fsp3) is 0.850. The van der Waals surface area contributed by atoms with Gasteiger partial charge in [-0.15, -0.1) is 0 Å². The van der Waals surface area contributed by atoms with Gasteiger partial charge in [-0.05, 0) is 59.5 Å². The summed E-state index contributed by atoms with van der Waals surface area (Å²) in [5.41, 5.74) is 1.19. The molecule has 0 aromatic heterocycles. The molecule has 2 heteroatoms. The highest BCUT2D eigenvalue weighted by Crippen LogP contribution is 2.22. The minimum atomic E-state index is -0.00972. The van der Waals surface area contributed by atoms with Gasteiger partial charge in [0.25, 0.3) is 0 Å². The van der Waals surface area contributed by atoms with Crippen molar-refractivity contribution in [3.63, 3.8) is 0 Å². The average Bonchev–Trinajstić information content (AvgIpc) is 2.37. The fourth-order valence-electron chi connectivity index (χ4n) is 2.97. The lowest BCUT2D eigenvalue weighted by atomic mass is 9.91. The van der Waals surface area contributed by atoms with Crippen LogP contribution >= 0.6 is 15.9 Å². The summed E-state index contributed by atoms with van der Waals surface area (Å²) in [5.74, 6) is 2.56. The molecule has 0 aromatic carbocycles. The molecule has 2 unspecified atom stereocenters. The molecule has 0 amide bonds. The highest BCUT2D eigenvalue weighted by Gasteiger charge is 2.06. The second-order valence-corrected chi connectivity index (χ2v) is 8.43. The molecule has 0 aliphatic heterocycles. The zero-order chi connectivity index (χ0) is 17.0. The summed E-state index contributed by atoms with van der Waals surface area (Å²) in [6, 6.07) is 0. The van der Waals surface area contributed by atoms with E-state index in [1.807, 2.05) is 6.92 Å². The molecule has 130 valence electrons. The van der Waals surface area contributed by atoms with Gasteiger partial charge in [0, 0.05) is 0 Å². The Morgan fingerprint density at radius 3 is 1.77 bits per heavy atom. The molecule has 0 saturated carbocycles. The third-order valence-electron chi connectivity index (χ3n) is 4.50. The summed E-state index contributed by atoms with van der Waals surface area (Å²) >= 11 is 2.95. The number of hydrogen-bond acceptors (Lipinski definition) is 1. The van der Waals surface area contributed by atoms with Crippen molar-refractivity contribution in [2.45, 2.75) is 92.4 Å². The second kappa shape index (κ2) is 13.3. The first-order valence-corrected chi connectivity index (χ1v) is 9.97. The van der Waals surface area contributed by atoms with Gasteiger partial charge >= 0.3 is 0 Å². The fourth-order valence-corrected chi connectivity index (χ4v) is 3.36. The van der Waals surface area contributed by atoms with Gasteiger partial charge in [0.15, 0.2) is 0 Å². The van der Waals surface area contributed by atoms with Gasteiger partial charge in [0.1, 0.15) is 0 Å². The van der Waals surface area contributed by atoms with Gasteiger partial charge in [0.2, 0.25) is 4.69 Å². The number of halogens is 1. The lowest BCUT2D eigenvalue weighted by Gasteiger charge is -2.15. The quantitative estimate of drug-likeness (QED) is 0.245. The molecule has 0 heterocycles. The zero-order valence-electron chi connectivity index (χ0n) is 15.5. The molecule has 0 rings (SSSR count). The molecule has 0 N–H and O–H groups in total. The van der Waals surface area contributed by atoms with Gasteiger partial charge in [-0.2, -0.15) is 0 Å². The summed E-state index contributed by atoms with van der Waals surface area (Å²) in [6.07, 6.45) is 13.5. The van der Waals surface area contributed by atoms with E-state index in [1.165, 1.54) is 56.9 Å². The van der Waals surface area contributed by atoms with E-state index in [0.717, 1.165) is 24.2 Å². The Balaban J connectivity index is 3.60. The van der Waals surface area contributed by atoms with E-state index < -0.39 is 0 Å². The van der Waals surface area contributed by atoms with Crippen LogP contribution in [0.1, 0.15) is 92.4 Å². The summed E-state index contributed by atoms with van der Waals surface area (Å²) < 4.78 is -0.00972. The van der Waals surface area contributed by atoms with Crippen LogP contribution in [0.15, 0.2) is 11.6 Å². The topological polar surface area (TPSA) is 17.1 Å². The highest BCUT2D eigenvalue weighted by atomic mass is 79.9. The van der Waals surface area contributed by atoms with Crippen LogP contribution in [0, 0.1) is 17.8 Å². The highest BCUT2D eigenvalue weighted by molar-refractivity contribution is 9.18. The SMILES string of the molecule is C/C(=C\C(=O)Br)CCCC(C)CCCC(C)CCCC(C)C. The molecule has 22 heavy (non-hydrogen) atoms. The Hall–Kier alpha value is -0.110. The van der Waals surface area contributed by atoms with E-state index in [9.17, 15) is 4.79 Å². The third kappa shape index (κ3) is 14.8. The predicted molar refractivity (Wildman–Crippen MR) is 102 cm³/mol. The van der Waals surface area contributed by atoms with Gasteiger partial charge in [-0.3, -0.25) is 4.79 Å². The van der Waals surface area contributed by atoms with Gasteiger partial charge in [0.05, 0.1) is 0 Å². The zero-order valence-corrected chi connectivity index (χ0v) is 17.0. The van der Waals surface area contributed by atoms with E-state index in [4.69, 9.17) is 0 Å². The Kier molecular flexibility index (Phi) is 13.3. The molecule has 1 nitrogen and oxygen atoms in total. The average molecular weight is 373 g/mol. The first-order chi connectivity index (χ1) is 10.3. The summed E-state index contributed by atoms with van der Waals surface area (Å²) in [5, 5.41) is 0. The van der Waals surface area contributed by atoms with E-state index in [1.54, 1.807) is 6.08 Å². The summed E-state index contributed by atoms with van der Waals surface area (Å²) in [4.78, 5) is 10.9. The van der Waals surface area contributed by atoms with Gasteiger partial charge in [-0.25, -0.2) is 0 Å². The number of carbonyl (C=O) groups excluding carboxylic acids is 1. The molecule has 0 radical (unpaired) electrons. The van der Waals surface area contributed by atoms with Crippen molar-refractivity contribution in [3.05, 3.63) is 11.6 Å². The number of rotatable bonds is 13. The molecule has 0 saturated heterocycles. The van der Waals surface area contributed by atoms with Crippen molar-refractivity contribution in [2.24, 2.45) is 17.8 Å². The standard InChI is InChI=1S/C20H37BrO/c1-16(2)9-6-10-17(3)11-7-12-18(4)13-8-14-19(5)15-20(21)22/h15-18H,6-14H2,1-5H3/b19-15+. The van der Waals surface area contributed by atoms with Gasteiger partial charge in [-0.1, -0.05) is 78.2 Å². The molecule has 0 aromatic rings. The first-order valence-electron chi connectivity index (χ1n) is 9.17. The van der Waals surface area contributed by atoms with Crippen molar-refractivity contribution in [2.75, 3.05) is 0 Å². The van der Waals surface area contributed by atoms with Crippen LogP contribution in [-0.4, -0.2) is 4.69 Å². The first kappa shape index (κ1) is 21.9. The van der Waals surface area contributed by atoms with Crippen molar-refractivity contribution >= 4 is 20.6 Å². The van der Waals surface area contributed by atoms with Crippen LogP contribution in [0.2, 0.25) is 0 Å². The minimum absolute atomic E-state index is 0.00972. The summed E-state index contributed by atoms with van der Waals surface area (Å²) in [6.45, 7) is 11.5. The van der Waals surface area contributed by atoms with Crippen LogP contribution in [0.5, 0.6) is 0 Å². The molecule has 0 fully saturated rings. The molecular formula is C20H37BrO. The summed E-state index contributed by atoms with van der Waals surface area (Å²) in [7, 11) is 0. The maximum Gasteiger partial charge on any atom is 0.220 e. The maximum atomic E-state index is 10.9. The Labute approximate surface area is 147 Å². The Bertz CT molecular complexity index is 320. The molecule has 2 atom stereocenters. The van der Waals surface area contributed by atoms with Crippen molar-refractivity contribution in [3.8, 4) is 0 Å². The number of carbonyl (C=O) groups is 1. The maximum absolute atomic E-state index is 10.9. The monoisotopic (exact) mass is 372 g/mol. The molecule has 0 aliphatic carbocycles. The van der Waals surface area contributed by atoms with E-state index in [0.29, 0.717) is 0 Å². The van der Waals surface area contributed by atoms with Crippen molar-refractivity contribution in [1.29, 1.82) is 0 Å². The van der Waals surface area contributed by atoms with E-state index >= 15 is 0 Å². The molecule has 0 aliphatic rings. The van der Waals surface area contributed by atoms with Crippen molar-refractivity contribution in [1.82, 2.24) is 0 Å². The molecular weight excluding hydrogens is 336 g/mol. The largest absolute Gasteiger partial charge is 0.282 e. The van der Waals surface area contributed by atoms with Crippen LogP contribution < -0.4 is 0 Å². The third-order valence-corrected chi connectivity index (χ3v) is 4.73. The van der Waals surface area contributed by atoms with Gasteiger partial charge < -0.3 is 0 Å². The van der Waals surface area contributed by atoms with E-state index in [-0.39, 0.29) is 4.69 Å². The Morgan fingerprint density at radius 2 is 1.32 bits per heavy atom. The number of allylic oxidation sites excluding steroid dienone is 2. The lowest BCUT2D eigenvalue weighted by Crippen LogP contribution is -2.00. The van der Waals surface area contributed by atoms with Crippen molar-refractivity contribution < 1.29 is 4.79 Å². The Morgan fingerprint density at radius 1 is 0.864 bits per heavy atom. The van der Waals surface area contributed by atoms with Crippen LogP contribution in [-0.2, 0) is 4.79 Å². The van der Waals surface area contributed by atoms with Crippen LogP contribution in [0.3, 0.4) is 0 Å². The predicted octanol–water partition coefficient (Wildman–Crippen LogP) is 7.29. The molecule has 0 spiro atoms. The smallest absolute Gasteiger partial charge is 0.220 e. The second-order valence-electron chi connectivity index (χ2n) is 7.65. The minimum Gasteiger partial charge on any atom is -0.282 e. The molecule has 0 bridgehead atoms. The van der Waals surface area contributed by atoms with Crippen LogP contribution in [0.25, 0.3) is 0 Å².